The van der Waals surface area contributed by atoms with Crippen LogP contribution in [0.25, 0.3) is 5.52 Å². The molecule has 1 N–H and O–H groups in total. The molecular weight excluding hydrogens is 354 g/mol. The topological polar surface area (TPSA) is 79.6 Å². The van der Waals surface area contributed by atoms with Crippen LogP contribution in [0.1, 0.15) is 52.5 Å². The number of hydrogen-bond acceptors (Lipinski definition) is 4. The molecule has 0 saturated carbocycles. The molecule has 7 nitrogen and oxygen atoms in total. The van der Waals surface area contributed by atoms with Crippen LogP contribution in [0.3, 0.4) is 0 Å². The molecule has 1 fully saturated rings. The zero-order valence-electron chi connectivity index (χ0n) is 15.7. The van der Waals surface area contributed by atoms with Gasteiger partial charge in [0.2, 0.25) is 5.82 Å². The predicted molar refractivity (Wildman–Crippen MR) is 105 cm³/mol. The highest BCUT2D eigenvalue weighted by molar-refractivity contribution is 6.02. The molecule has 144 valence electrons. The number of rotatable bonds is 4. The summed E-state index contributed by atoms with van der Waals surface area (Å²) in [4.78, 5) is 36.4. The highest BCUT2D eigenvalue weighted by Crippen LogP contribution is 2.18. The van der Waals surface area contributed by atoms with Gasteiger partial charge in [0.1, 0.15) is 0 Å². The predicted octanol–water partition coefficient (Wildman–Crippen LogP) is 2.68. The number of carbonyl (C=O) groups is 2. The van der Waals surface area contributed by atoms with Gasteiger partial charge in [-0.1, -0.05) is 25.0 Å². The van der Waals surface area contributed by atoms with Crippen molar-refractivity contribution < 1.29 is 9.59 Å². The van der Waals surface area contributed by atoms with Gasteiger partial charge in [-0.3, -0.25) is 19.0 Å². The Balaban J connectivity index is 1.60. The first-order valence-electron chi connectivity index (χ1n) is 9.68. The fraction of sp³-hybridized carbons (Fsp3) is 0.333. The van der Waals surface area contributed by atoms with Crippen LogP contribution in [0.2, 0.25) is 0 Å². The maximum atomic E-state index is 13.1. The van der Waals surface area contributed by atoms with E-state index in [0.717, 1.165) is 44.5 Å². The fourth-order valence-corrected chi connectivity index (χ4v) is 3.53. The van der Waals surface area contributed by atoms with Gasteiger partial charge in [-0.05, 0) is 37.1 Å². The first-order valence-corrected chi connectivity index (χ1v) is 9.68. The van der Waals surface area contributed by atoms with Crippen LogP contribution >= 0.6 is 0 Å². The Morgan fingerprint density at radius 3 is 2.54 bits per heavy atom. The summed E-state index contributed by atoms with van der Waals surface area (Å²) in [5.41, 5.74) is 1.75. The minimum Gasteiger partial charge on any atom is -0.344 e. The second kappa shape index (κ2) is 8.21. The van der Waals surface area contributed by atoms with E-state index in [1.807, 2.05) is 41.3 Å². The van der Waals surface area contributed by atoms with Gasteiger partial charge in [-0.15, -0.1) is 0 Å². The average Bonchev–Trinajstić information content (AvgIpc) is 2.92. The van der Waals surface area contributed by atoms with Crippen LogP contribution in [-0.2, 0) is 6.54 Å². The summed E-state index contributed by atoms with van der Waals surface area (Å²) in [6.45, 7) is 1.79. The van der Waals surface area contributed by atoms with Crippen LogP contribution in [0.15, 0.2) is 48.8 Å². The van der Waals surface area contributed by atoms with Crippen molar-refractivity contribution in [1.82, 2.24) is 24.6 Å². The lowest BCUT2D eigenvalue weighted by molar-refractivity contribution is 0.0758. The molecule has 0 spiro atoms. The Morgan fingerprint density at radius 1 is 1.00 bits per heavy atom. The normalized spacial score (nSPS) is 14.6. The maximum absolute atomic E-state index is 13.1. The molecule has 0 bridgehead atoms. The summed E-state index contributed by atoms with van der Waals surface area (Å²) in [5, 5.41) is 2.84. The second-order valence-electron chi connectivity index (χ2n) is 6.95. The molecule has 2 amide bonds. The minimum atomic E-state index is -0.332. The van der Waals surface area contributed by atoms with Gasteiger partial charge in [-0.2, -0.15) is 0 Å². The number of nitrogens with zero attached hydrogens (tertiary/aromatic N) is 4. The maximum Gasteiger partial charge on any atom is 0.288 e. The average molecular weight is 377 g/mol. The molecule has 4 heterocycles. The van der Waals surface area contributed by atoms with Crippen molar-refractivity contribution in [2.75, 3.05) is 13.1 Å². The number of pyridine rings is 2. The highest BCUT2D eigenvalue weighted by atomic mass is 16.2. The van der Waals surface area contributed by atoms with Gasteiger partial charge < -0.3 is 10.2 Å². The van der Waals surface area contributed by atoms with E-state index in [4.69, 9.17) is 0 Å². The van der Waals surface area contributed by atoms with Gasteiger partial charge in [0.15, 0.2) is 5.69 Å². The smallest absolute Gasteiger partial charge is 0.288 e. The summed E-state index contributed by atoms with van der Waals surface area (Å²) >= 11 is 0. The molecule has 0 aromatic carbocycles. The Hall–Kier alpha value is -3.22. The van der Waals surface area contributed by atoms with E-state index < -0.39 is 0 Å². The van der Waals surface area contributed by atoms with Crippen LogP contribution in [0.5, 0.6) is 0 Å². The summed E-state index contributed by atoms with van der Waals surface area (Å²) < 4.78 is 1.68. The van der Waals surface area contributed by atoms with Crippen molar-refractivity contribution >= 4 is 17.3 Å². The molecular formula is C21H23N5O2. The molecule has 0 aliphatic carbocycles. The Kier molecular flexibility index (Phi) is 5.32. The van der Waals surface area contributed by atoms with Crippen molar-refractivity contribution in [3.05, 3.63) is 66.0 Å². The van der Waals surface area contributed by atoms with Crippen LogP contribution in [-0.4, -0.2) is 44.2 Å². The van der Waals surface area contributed by atoms with Crippen molar-refractivity contribution in [3.8, 4) is 0 Å². The third-order valence-electron chi connectivity index (χ3n) is 5.00. The quantitative estimate of drug-likeness (QED) is 0.758. The van der Waals surface area contributed by atoms with Gasteiger partial charge in [-0.25, -0.2) is 4.98 Å². The molecule has 28 heavy (non-hydrogen) atoms. The molecule has 1 saturated heterocycles. The van der Waals surface area contributed by atoms with Crippen molar-refractivity contribution in [3.63, 3.8) is 0 Å². The zero-order chi connectivity index (χ0) is 19.3. The second-order valence-corrected chi connectivity index (χ2v) is 6.95. The number of amides is 2. The summed E-state index contributed by atoms with van der Waals surface area (Å²) in [6, 6.07) is 11.0. The van der Waals surface area contributed by atoms with Gasteiger partial charge in [0.05, 0.1) is 17.8 Å². The van der Waals surface area contributed by atoms with Crippen LogP contribution in [0, 0.1) is 0 Å². The first kappa shape index (κ1) is 18.2. The molecule has 7 heteroatoms. The number of imidazole rings is 1. The van der Waals surface area contributed by atoms with Gasteiger partial charge in [0.25, 0.3) is 11.8 Å². The molecule has 4 rings (SSSR count). The summed E-state index contributed by atoms with van der Waals surface area (Å²) in [5.74, 6) is -0.221. The fourth-order valence-electron chi connectivity index (χ4n) is 3.53. The van der Waals surface area contributed by atoms with E-state index in [2.05, 4.69) is 15.3 Å². The van der Waals surface area contributed by atoms with Gasteiger partial charge >= 0.3 is 0 Å². The minimum absolute atomic E-state index is 0.102. The largest absolute Gasteiger partial charge is 0.344 e. The third-order valence-corrected chi connectivity index (χ3v) is 5.00. The lowest BCUT2D eigenvalue weighted by Crippen LogP contribution is -2.32. The number of hydrogen-bond donors (Lipinski definition) is 1. The molecule has 1 aliphatic rings. The monoisotopic (exact) mass is 377 g/mol. The first-order chi connectivity index (χ1) is 13.7. The number of fused-ring (bicyclic) bond motifs is 1. The van der Waals surface area contributed by atoms with Crippen LogP contribution < -0.4 is 5.32 Å². The molecule has 3 aromatic heterocycles. The van der Waals surface area contributed by atoms with E-state index in [0.29, 0.717) is 17.8 Å². The van der Waals surface area contributed by atoms with E-state index in [9.17, 15) is 9.59 Å². The molecule has 0 radical (unpaired) electrons. The van der Waals surface area contributed by atoms with E-state index in [-0.39, 0.29) is 17.6 Å². The highest BCUT2D eigenvalue weighted by Gasteiger charge is 2.25. The number of likely N-dealkylation sites (tertiary alicyclic amines) is 1. The van der Waals surface area contributed by atoms with Crippen molar-refractivity contribution in [2.45, 2.75) is 32.2 Å². The number of nitrogens with one attached hydrogen (secondary N) is 1. The van der Waals surface area contributed by atoms with Crippen molar-refractivity contribution in [2.24, 2.45) is 0 Å². The molecule has 0 atom stereocenters. The Bertz CT molecular complexity index is 975. The molecule has 0 unspecified atom stereocenters. The Labute approximate surface area is 163 Å². The summed E-state index contributed by atoms with van der Waals surface area (Å²) in [6.07, 6.45) is 7.76. The summed E-state index contributed by atoms with van der Waals surface area (Å²) in [7, 11) is 0. The third kappa shape index (κ3) is 3.74. The number of aromatic nitrogens is 3. The van der Waals surface area contributed by atoms with E-state index in [1.54, 1.807) is 16.8 Å². The molecule has 3 aromatic rings. The van der Waals surface area contributed by atoms with E-state index in [1.165, 1.54) is 0 Å². The van der Waals surface area contributed by atoms with E-state index >= 15 is 0 Å². The van der Waals surface area contributed by atoms with Crippen molar-refractivity contribution in [1.29, 1.82) is 0 Å². The standard InChI is InChI=1S/C21H23N5O2/c27-20(23-15-16-9-3-5-11-22-16)19-24-18(17-10-4-8-14-26(17)19)21(28)25-12-6-1-2-7-13-25/h3-5,8-11,14H,1-2,6-7,12-13,15H2,(H,23,27). The molecule has 1 aliphatic heterocycles. The van der Waals surface area contributed by atoms with Gasteiger partial charge in [0, 0.05) is 25.5 Å². The van der Waals surface area contributed by atoms with Crippen LogP contribution in [0.4, 0.5) is 0 Å². The zero-order valence-corrected chi connectivity index (χ0v) is 15.7. The SMILES string of the molecule is O=C(NCc1ccccn1)c1nc(C(=O)N2CCCCCC2)c2ccccn12. The number of carbonyl (C=O) groups excluding carboxylic acids is 2. The lowest BCUT2D eigenvalue weighted by atomic mass is 10.2. The Morgan fingerprint density at radius 2 is 1.79 bits per heavy atom. The lowest BCUT2D eigenvalue weighted by Gasteiger charge is -2.19.